The lowest BCUT2D eigenvalue weighted by Crippen LogP contribution is -2.59. The van der Waals surface area contributed by atoms with Crippen molar-refractivity contribution in [3.05, 3.63) is 25.3 Å². The quantitative estimate of drug-likeness (QED) is 0.162. The van der Waals surface area contributed by atoms with Gasteiger partial charge in [0.05, 0.1) is 37.1 Å². The van der Waals surface area contributed by atoms with Gasteiger partial charge >= 0.3 is 5.97 Å². The van der Waals surface area contributed by atoms with Gasteiger partial charge in [-0.15, -0.1) is 13.2 Å². The molecular weight excluding hydrogens is 582 g/mol. The van der Waals surface area contributed by atoms with Crippen molar-refractivity contribution >= 4 is 39.6 Å². The van der Waals surface area contributed by atoms with E-state index in [0.717, 1.165) is 12.8 Å². The molecule has 1 spiro atoms. The van der Waals surface area contributed by atoms with Crippen LogP contribution in [0, 0.1) is 11.8 Å². The third-order valence-corrected chi connectivity index (χ3v) is 9.14. The largest absolute Gasteiger partial charge is 0.460 e. The lowest BCUT2D eigenvalue weighted by Gasteiger charge is -2.40. The van der Waals surface area contributed by atoms with E-state index in [1.165, 1.54) is 4.90 Å². The number of nitrogens with one attached hydrogen (secondary N) is 1. The van der Waals surface area contributed by atoms with Crippen molar-refractivity contribution < 1.29 is 33.8 Å². The van der Waals surface area contributed by atoms with Crippen LogP contribution < -0.4 is 5.32 Å². The number of carbonyl (C=O) groups is 4. The molecule has 2 unspecified atom stereocenters. The number of fused-ring (bicyclic) bond motifs is 1. The van der Waals surface area contributed by atoms with E-state index < -0.39 is 53.6 Å². The van der Waals surface area contributed by atoms with E-state index in [-0.39, 0.29) is 35.8 Å². The van der Waals surface area contributed by atoms with E-state index in [0.29, 0.717) is 25.8 Å². The molecule has 11 heteroatoms. The van der Waals surface area contributed by atoms with Crippen LogP contribution in [0.15, 0.2) is 25.3 Å². The maximum atomic E-state index is 14.3. The minimum Gasteiger partial charge on any atom is -0.460 e. The molecule has 0 aromatic rings. The number of rotatable bonds is 15. The topological polar surface area (TPSA) is 125 Å². The van der Waals surface area contributed by atoms with Crippen LogP contribution in [0.2, 0.25) is 0 Å². The van der Waals surface area contributed by atoms with Gasteiger partial charge in [0.15, 0.2) is 0 Å². The highest BCUT2D eigenvalue weighted by Gasteiger charge is 2.77. The number of nitrogens with zero attached hydrogens (tertiary/aromatic N) is 2. The Labute approximate surface area is 245 Å². The van der Waals surface area contributed by atoms with Crippen LogP contribution in [0.3, 0.4) is 0 Å². The number of aliphatic hydroxyl groups excluding tert-OH is 1. The normalized spacial score (nSPS) is 30.8. The number of amides is 3. The molecule has 40 heavy (non-hydrogen) atoms. The Morgan fingerprint density at radius 3 is 2.60 bits per heavy atom. The third-order valence-electron chi connectivity index (χ3n) is 8.30. The number of hydrogen-bond acceptors (Lipinski definition) is 7. The van der Waals surface area contributed by atoms with Crippen molar-refractivity contribution in [1.82, 2.24) is 15.1 Å². The number of aliphatic hydroxyl groups is 1. The third kappa shape index (κ3) is 6.01. The minimum atomic E-state index is -1.24. The number of allylic oxidation sites excluding steroid dienone is 1. The van der Waals surface area contributed by atoms with Gasteiger partial charge in [-0.3, -0.25) is 19.2 Å². The highest BCUT2D eigenvalue weighted by Crippen LogP contribution is 2.60. The van der Waals surface area contributed by atoms with Crippen molar-refractivity contribution in [2.45, 2.75) is 101 Å². The summed E-state index contributed by atoms with van der Waals surface area (Å²) in [6.45, 7) is 14.9. The molecule has 2 N–H and O–H groups in total. The van der Waals surface area contributed by atoms with Crippen molar-refractivity contribution in [2.75, 3.05) is 19.7 Å². The Kier molecular flexibility index (Phi) is 11.0. The first kappa shape index (κ1) is 32.3. The first-order valence-electron chi connectivity index (χ1n) is 14.2. The van der Waals surface area contributed by atoms with Crippen molar-refractivity contribution in [3.8, 4) is 0 Å². The first-order valence-corrected chi connectivity index (χ1v) is 15.1. The summed E-state index contributed by atoms with van der Waals surface area (Å²) in [6, 6.07) is -1.77. The molecule has 0 radical (unpaired) electrons. The molecule has 0 saturated carbocycles. The number of ether oxygens (including phenoxy) is 2. The van der Waals surface area contributed by atoms with Crippen LogP contribution >= 0.6 is 15.9 Å². The molecule has 3 rings (SSSR count). The van der Waals surface area contributed by atoms with Gasteiger partial charge in [0.1, 0.15) is 17.7 Å². The van der Waals surface area contributed by atoms with E-state index in [4.69, 9.17) is 9.47 Å². The number of halogens is 1. The summed E-state index contributed by atoms with van der Waals surface area (Å²) in [5.74, 6) is -3.31. The molecule has 3 amide bonds. The summed E-state index contributed by atoms with van der Waals surface area (Å²) in [5, 5.41) is 12.8. The molecule has 3 aliphatic rings. The zero-order valence-electron chi connectivity index (χ0n) is 24.0. The second-order valence-electron chi connectivity index (χ2n) is 11.2. The van der Waals surface area contributed by atoms with Gasteiger partial charge in [0.25, 0.3) is 0 Å². The zero-order chi connectivity index (χ0) is 29.8. The summed E-state index contributed by atoms with van der Waals surface area (Å²) >= 11 is 3.65. The number of alkyl halides is 1. The molecule has 0 aliphatic carbocycles. The van der Waals surface area contributed by atoms with Crippen LogP contribution in [-0.2, 0) is 28.7 Å². The van der Waals surface area contributed by atoms with Crippen LogP contribution in [-0.4, -0.2) is 99.1 Å². The first-order chi connectivity index (χ1) is 19.0. The van der Waals surface area contributed by atoms with Crippen LogP contribution in [0.25, 0.3) is 0 Å². The fourth-order valence-corrected chi connectivity index (χ4v) is 7.38. The Bertz CT molecular complexity index is 993. The number of esters is 1. The van der Waals surface area contributed by atoms with Gasteiger partial charge in [-0.1, -0.05) is 41.4 Å². The predicted molar refractivity (Wildman–Crippen MR) is 153 cm³/mol. The van der Waals surface area contributed by atoms with Gasteiger partial charge in [-0.2, -0.15) is 0 Å². The van der Waals surface area contributed by atoms with Crippen molar-refractivity contribution in [2.24, 2.45) is 11.8 Å². The van der Waals surface area contributed by atoms with Gasteiger partial charge in [0.2, 0.25) is 17.7 Å². The van der Waals surface area contributed by atoms with E-state index >= 15 is 0 Å². The Morgan fingerprint density at radius 1 is 1.30 bits per heavy atom. The monoisotopic (exact) mass is 625 g/mol. The minimum absolute atomic E-state index is 0.103. The second kappa shape index (κ2) is 13.6. The van der Waals surface area contributed by atoms with Gasteiger partial charge in [-0.05, 0) is 40.0 Å². The van der Waals surface area contributed by atoms with Crippen molar-refractivity contribution in [1.29, 1.82) is 0 Å². The Morgan fingerprint density at radius 2 is 2.00 bits per heavy atom. The van der Waals surface area contributed by atoms with E-state index in [2.05, 4.69) is 34.4 Å². The molecule has 0 aromatic heterocycles. The average Bonchev–Trinajstić information content (AvgIpc) is 3.51. The molecular formula is C29H44BrN3O7. The van der Waals surface area contributed by atoms with Gasteiger partial charge in [0, 0.05) is 23.8 Å². The molecule has 10 nitrogen and oxygen atoms in total. The molecule has 9 atom stereocenters. The SMILES string of the molecule is C=CCCC(=O)NC[C@@H](C)OC(=O)[C@@H]1[C@H]2O[C@@]3(CC2Br)[C@H](C(=O)N(CC=C)C(C)CCC)N([C@H](C)CO)C(=O)[C@@H]13. The number of likely N-dealkylation sites (tertiary alicyclic amines) is 1. The summed E-state index contributed by atoms with van der Waals surface area (Å²) < 4.78 is 12.2. The zero-order valence-corrected chi connectivity index (χ0v) is 25.6. The lowest BCUT2D eigenvalue weighted by atomic mass is 9.70. The lowest BCUT2D eigenvalue weighted by molar-refractivity contribution is -0.160. The highest BCUT2D eigenvalue weighted by atomic mass is 79.9. The summed E-state index contributed by atoms with van der Waals surface area (Å²) in [4.78, 5) is 56.7. The van der Waals surface area contributed by atoms with E-state index in [1.54, 1.807) is 30.9 Å². The van der Waals surface area contributed by atoms with Gasteiger partial charge in [-0.25, -0.2) is 0 Å². The molecule has 3 saturated heterocycles. The fourth-order valence-electron chi connectivity index (χ4n) is 6.43. The Balaban J connectivity index is 1.91. The molecule has 0 aromatic carbocycles. The molecule has 3 aliphatic heterocycles. The van der Waals surface area contributed by atoms with Gasteiger partial charge < -0.3 is 29.7 Å². The van der Waals surface area contributed by atoms with E-state index in [9.17, 15) is 24.3 Å². The summed E-state index contributed by atoms with van der Waals surface area (Å²) in [7, 11) is 0. The van der Waals surface area contributed by atoms with Crippen LogP contribution in [0.1, 0.15) is 59.8 Å². The number of hydrogen-bond donors (Lipinski definition) is 2. The second-order valence-corrected chi connectivity index (χ2v) is 12.4. The predicted octanol–water partition coefficient (Wildman–Crippen LogP) is 2.33. The summed E-state index contributed by atoms with van der Waals surface area (Å²) in [6.07, 6.45) is 4.87. The maximum absolute atomic E-state index is 14.3. The average molecular weight is 627 g/mol. The van der Waals surface area contributed by atoms with Crippen molar-refractivity contribution in [3.63, 3.8) is 0 Å². The molecule has 3 heterocycles. The standard InChI is InChI=1S/C29H44BrN3O7/c1-7-10-12-21(35)31-15-19(6)39-28(38)22-23-26(36)33(18(5)16-34)25(29(23)14-20(30)24(22)40-29)27(37)32(13-9-3)17(4)11-8-2/h7,9,17-20,22-25,34H,1,3,8,10-16H2,2,4-6H3,(H,31,35)/t17?,18-,19-,20?,22+,23-,24+,25+,29-/m1/s1. The molecule has 224 valence electrons. The fraction of sp³-hybridized carbons (Fsp3) is 0.724. The highest BCUT2D eigenvalue weighted by molar-refractivity contribution is 9.09. The van der Waals surface area contributed by atoms with Crippen LogP contribution in [0.5, 0.6) is 0 Å². The van der Waals surface area contributed by atoms with E-state index in [1.807, 2.05) is 13.8 Å². The number of carbonyl (C=O) groups excluding carboxylic acids is 4. The maximum Gasteiger partial charge on any atom is 0.312 e. The molecule has 2 bridgehead atoms. The Hall–Kier alpha value is -2.24. The summed E-state index contributed by atoms with van der Waals surface area (Å²) in [5.41, 5.74) is -1.24. The van der Waals surface area contributed by atoms with Crippen LogP contribution in [0.4, 0.5) is 0 Å². The molecule has 3 fully saturated rings. The smallest absolute Gasteiger partial charge is 0.312 e.